The highest BCUT2D eigenvalue weighted by Crippen LogP contribution is 2.35. The molecule has 0 aliphatic heterocycles. The Hall–Kier alpha value is -5.43. The molecular formula is C29H25N3O7. The Kier molecular flexibility index (Phi) is 9.53. The van der Waals surface area contributed by atoms with Crippen molar-refractivity contribution in [3.8, 4) is 17.6 Å². The summed E-state index contributed by atoms with van der Waals surface area (Å²) >= 11 is 0. The molecule has 2 N–H and O–H groups in total. The van der Waals surface area contributed by atoms with Crippen LogP contribution in [0.2, 0.25) is 0 Å². The highest BCUT2D eigenvalue weighted by Gasteiger charge is 2.16. The maximum atomic E-state index is 12.8. The van der Waals surface area contributed by atoms with Crippen molar-refractivity contribution in [2.75, 3.05) is 11.9 Å². The summed E-state index contributed by atoms with van der Waals surface area (Å²) in [6.07, 6.45) is 3.42. The number of nitriles is 1. The average molecular weight is 528 g/mol. The van der Waals surface area contributed by atoms with E-state index in [1.807, 2.05) is 6.07 Å². The lowest BCUT2D eigenvalue weighted by atomic mass is 10.0. The number of carboxylic acids is 1. The molecule has 0 heterocycles. The van der Waals surface area contributed by atoms with Crippen molar-refractivity contribution in [3.05, 3.63) is 111 Å². The molecule has 0 saturated heterocycles. The number of hydrogen-bond donors (Lipinski definition) is 2. The lowest BCUT2D eigenvalue weighted by Crippen LogP contribution is -2.14. The van der Waals surface area contributed by atoms with Gasteiger partial charge in [-0.25, -0.2) is 4.79 Å². The van der Waals surface area contributed by atoms with Gasteiger partial charge in [0.2, 0.25) is 0 Å². The number of rotatable bonds is 12. The SMILES string of the molecule is C=CCc1cc(/C=C(/C#N)C(=O)Nc2cccc(C(=O)O)c2)cc(OCC)c1OCc1cccc([N+](=O)[O-])c1. The first kappa shape index (κ1) is 28.1. The third-order valence-electron chi connectivity index (χ3n) is 5.37. The summed E-state index contributed by atoms with van der Waals surface area (Å²) in [7, 11) is 0. The Morgan fingerprint density at radius 1 is 1.15 bits per heavy atom. The maximum absolute atomic E-state index is 12.8. The highest BCUT2D eigenvalue weighted by molar-refractivity contribution is 6.10. The molecule has 0 aliphatic carbocycles. The number of amides is 1. The van der Waals surface area contributed by atoms with Gasteiger partial charge in [0, 0.05) is 23.4 Å². The lowest BCUT2D eigenvalue weighted by Gasteiger charge is -2.17. The summed E-state index contributed by atoms with van der Waals surface area (Å²) in [5.74, 6) is -1.09. The van der Waals surface area contributed by atoms with E-state index in [1.165, 1.54) is 42.5 Å². The summed E-state index contributed by atoms with van der Waals surface area (Å²) in [6, 6.07) is 17.0. The van der Waals surface area contributed by atoms with Crippen molar-refractivity contribution in [2.24, 2.45) is 0 Å². The lowest BCUT2D eigenvalue weighted by molar-refractivity contribution is -0.384. The van der Waals surface area contributed by atoms with Gasteiger partial charge in [0.15, 0.2) is 11.5 Å². The number of allylic oxidation sites excluding steroid dienone is 1. The van der Waals surface area contributed by atoms with Gasteiger partial charge in [0.25, 0.3) is 11.6 Å². The number of nitrogens with one attached hydrogen (secondary N) is 1. The molecule has 3 aromatic rings. The van der Waals surface area contributed by atoms with Gasteiger partial charge in [0.1, 0.15) is 18.2 Å². The summed E-state index contributed by atoms with van der Waals surface area (Å²) < 4.78 is 11.8. The number of nitrogens with zero attached hydrogens (tertiary/aromatic N) is 2. The summed E-state index contributed by atoms with van der Waals surface area (Å²) in [5.41, 5.74) is 1.71. The maximum Gasteiger partial charge on any atom is 0.335 e. The summed E-state index contributed by atoms with van der Waals surface area (Å²) in [4.78, 5) is 34.6. The monoisotopic (exact) mass is 527 g/mol. The van der Waals surface area contributed by atoms with Gasteiger partial charge in [-0.3, -0.25) is 14.9 Å². The number of carboxylic acid groups (broad SMARTS) is 1. The van der Waals surface area contributed by atoms with E-state index in [0.717, 1.165) is 0 Å². The van der Waals surface area contributed by atoms with Crippen molar-refractivity contribution in [3.63, 3.8) is 0 Å². The van der Waals surface area contributed by atoms with Crippen LogP contribution in [-0.4, -0.2) is 28.5 Å². The van der Waals surface area contributed by atoms with Crippen LogP contribution < -0.4 is 14.8 Å². The molecule has 0 bridgehead atoms. The average Bonchev–Trinajstić information content (AvgIpc) is 2.91. The van der Waals surface area contributed by atoms with Crippen LogP contribution in [-0.2, 0) is 17.8 Å². The zero-order valence-electron chi connectivity index (χ0n) is 21.0. The second-order valence-electron chi connectivity index (χ2n) is 8.16. The van der Waals surface area contributed by atoms with E-state index < -0.39 is 16.8 Å². The third kappa shape index (κ3) is 7.53. The van der Waals surface area contributed by atoms with Crippen molar-refractivity contribution in [1.29, 1.82) is 5.26 Å². The minimum atomic E-state index is -1.15. The Balaban J connectivity index is 1.93. The standard InChI is InChI=1S/C29H25N3O7/c1-3-7-21-12-20(13-23(17-30)28(33)31-24-10-6-9-22(16-24)29(34)35)15-26(38-4-2)27(21)39-18-19-8-5-11-25(14-19)32(36)37/h3,5-6,8-16H,1,4,7,18H2,2H3,(H,31,33)(H,34,35)/b23-13-. The molecule has 0 atom stereocenters. The van der Waals surface area contributed by atoms with E-state index in [-0.39, 0.29) is 29.1 Å². The topological polar surface area (TPSA) is 152 Å². The van der Waals surface area contributed by atoms with Crippen LogP contribution in [0.5, 0.6) is 11.5 Å². The number of non-ortho nitro benzene ring substituents is 1. The molecule has 0 aliphatic rings. The van der Waals surface area contributed by atoms with Crippen LogP contribution in [0.4, 0.5) is 11.4 Å². The fourth-order valence-corrected chi connectivity index (χ4v) is 3.66. The van der Waals surface area contributed by atoms with Gasteiger partial charge in [-0.1, -0.05) is 24.3 Å². The fraction of sp³-hybridized carbons (Fsp3) is 0.138. The van der Waals surface area contributed by atoms with E-state index in [4.69, 9.17) is 14.6 Å². The normalized spacial score (nSPS) is 10.7. The van der Waals surface area contributed by atoms with E-state index in [0.29, 0.717) is 41.2 Å². The molecule has 0 saturated carbocycles. The fourth-order valence-electron chi connectivity index (χ4n) is 3.66. The van der Waals surface area contributed by atoms with E-state index in [2.05, 4.69) is 11.9 Å². The Bertz CT molecular complexity index is 1490. The summed E-state index contributed by atoms with van der Waals surface area (Å²) in [5, 5.41) is 32.5. The second-order valence-corrected chi connectivity index (χ2v) is 8.16. The number of aromatic carboxylic acids is 1. The third-order valence-corrected chi connectivity index (χ3v) is 5.37. The smallest absolute Gasteiger partial charge is 0.335 e. The minimum Gasteiger partial charge on any atom is -0.490 e. The number of nitro groups is 1. The molecule has 0 spiro atoms. The zero-order chi connectivity index (χ0) is 28.4. The highest BCUT2D eigenvalue weighted by atomic mass is 16.6. The number of ether oxygens (including phenoxy) is 2. The number of carbonyl (C=O) groups excluding carboxylic acids is 1. The van der Waals surface area contributed by atoms with Gasteiger partial charge in [-0.05, 0) is 60.9 Å². The van der Waals surface area contributed by atoms with Crippen molar-refractivity contribution < 1.29 is 29.1 Å². The Morgan fingerprint density at radius 2 is 1.92 bits per heavy atom. The molecule has 10 nitrogen and oxygen atoms in total. The molecule has 3 rings (SSSR count). The number of carbonyl (C=O) groups is 2. The first-order valence-corrected chi connectivity index (χ1v) is 11.8. The molecule has 10 heteroatoms. The van der Waals surface area contributed by atoms with Crippen LogP contribution in [0.3, 0.4) is 0 Å². The number of hydrogen-bond acceptors (Lipinski definition) is 7. The van der Waals surface area contributed by atoms with Crippen molar-refractivity contribution in [1.82, 2.24) is 0 Å². The van der Waals surface area contributed by atoms with E-state index in [9.17, 15) is 25.0 Å². The molecule has 3 aromatic carbocycles. The van der Waals surface area contributed by atoms with Crippen LogP contribution in [0.15, 0.2) is 78.9 Å². The predicted octanol–water partition coefficient (Wildman–Crippen LogP) is 5.54. The van der Waals surface area contributed by atoms with Gasteiger partial charge in [-0.15, -0.1) is 6.58 Å². The predicted molar refractivity (Wildman–Crippen MR) is 145 cm³/mol. The Morgan fingerprint density at radius 3 is 2.59 bits per heavy atom. The summed E-state index contributed by atoms with van der Waals surface area (Å²) in [6.45, 7) is 5.92. The second kappa shape index (κ2) is 13.2. The first-order chi connectivity index (χ1) is 18.7. The quantitative estimate of drug-likeness (QED) is 0.102. The number of anilines is 1. The van der Waals surface area contributed by atoms with Gasteiger partial charge in [-0.2, -0.15) is 5.26 Å². The van der Waals surface area contributed by atoms with Crippen LogP contribution in [0, 0.1) is 21.4 Å². The molecule has 198 valence electrons. The molecular weight excluding hydrogens is 502 g/mol. The van der Waals surface area contributed by atoms with Gasteiger partial charge in [0.05, 0.1) is 17.1 Å². The molecule has 39 heavy (non-hydrogen) atoms. The number of nitro benzene ring substituents is 1. The largest absolute Gasteiger partial charge is 0.490 e. The first-order valence-electron chi connectivity index (χ1n) is 11.8. The molecule has 0 aromatic heterocycles. The van der Waals surface area contributed by atoms with Crippen LogP contribution in [0.25, 0.3) is 6.08 Å². The van der Waals surface area contributed by atoms with Crippen LogP contribution in [0.1, 0.15) is 34.0 Å². The molecule has 0 fully saturated rings. The molecule has 1 amide bonds. The minimum absolute atomic E-state index is 0.00796. The van der Waals surface area contributed by atoms with Crippen molar-refractivity contribution in [2.45, 2.75) is 20.0 Å². The van der Waals surface area contributed by atoms with Crippen molar-refractivity contribution >= 4 is 29.3 Å². The molecule has 0 radical (unpaired) electrons. The van der Waals surface area contributed by atoms with Gasteiger partial charge < -0.3 is 19.9 Å². The molecule has 0 unspecified atom stereocenters. The van der Waals surface area contributed by atoms with Crippen LogP contribution >= 0.6 is 0 Å². The van der Waals surface area contributed by atoms with Gasteiger partial charge >= 0.3 is 5.97 Å². The van der Waals surface area contributed by atoms with E-state index in [1.54, 1.807) is 37.3 Å². The Labute approximate surface area is 224 Å². The zero-order valence-corrected chi connectivity index (χ0v) is 21.0. The van der Waals surface area contributed by atoms with E-state index >= 15 is 0 Å². The number of benzene rings is 3.